The van der Waals surface area contributed by atoms with Crippen molar-refractivity contribution in [2.45, 2.75) is 0 Å². The van der Waals surface area contributed by atoms with Crippen LogP contribution >= 0.6 is 0 Å². The Morgan fingerprint density at radius 1 is 0.326 bits per heavy atom. The van der Waals surface area contributed by atoms with Gasteiger partial charge in [0, 0.05) is 51.1 Å². The summed E-state index contributed by atoms with van der Waals surface area (Å²) in [4.78, 5) is 2.48. The molecule has 3 nitrogen and oxygen atoms in total. The van der Waals surface area contributed by atoms with Crippen LogP contribution in [-0.4, -0.2) is 16.2 Å². The first-order valence-corrected chi connectivity index (χ1v) is 15.9. The lowest BCUT2D eigenvalue weighted by atomic mass is 9.93. The third kappa shape index (κ3) is 3.32. The standard InChI is InChI=1S/C43H29N3/c1-44-40-34(24-26-36-32-20-10-12-22-38(32)45(42(36)40)28-14-4-2-5-15-28)30-18-8-9-19-31(30)35-25-27-37-33-21-11-13-23-39(33)46(43(37)41(35)44)29-16-6-3-7-17-29/h2-27H,1H3. The van der Waals surface area contributed by atoms with Gasteiger partial charge in [-0.1, -0.05) is 121 Å². The van der Waals surface area contributed by atoms with Gasteiger partial charge in [-0.25, -0.2) is 0 Å². The number of aromatic nitrogens is 2. The molecule has 7 aromatic carbocycles. The Morgan fingerprint density at radius 2 is 0.717 bits per heavy atom. The lowest BCUT2D eigenvalue weighted by Gasteiger charge is -2.26. The second-order valence-electron chi connectivity index (χ2n) is 12.2. The molecule has 1 aliphatic rings. The maximum atomic E-state index is 2.48. The quantitative estimate of drug-likeness (QED) is 0.196. The highest BCUT2D eigenvalue weighted by molar-refractivity contribution is 6.22. The summed E-state index contributed by atoms with van der Waals surface area (Å²) in [6, 6.07) is 57.4. The third-order valence-electron chi connectivity index (χ3n) is 9.83. The predicted molar refractivity (Wildman–Crippen MR) is 194 cm³/mol. The average molecular weight is 588 g/mol. The molecule has 0 spiro atoms. The molecule has 0 saturated heterocycles. The number of anilines is 2. The number of para-hydroxylation sites is 4. The zero-order chi connectivity index (χ0) is 30.4. The number of rotatable bonds is 2. The molecule has 10 rings (SSSR count). The van der Waals surface area contributed by atoms with Crippen LogP contribution in [0.4, 0.5) is 11.4 Å². The van der Waals surface area contributed by atoms with Gasteiger partial charge >= 0.3 is 0 Å². The molecular formula is C43H29N3. The van der Waals surface area contributed by atoms with Gasteiger partial charge in [0.05, 0.1) is 33.4 Å². The van der Waals surface area contributed by atoms with E-state index < -0.39 is 0 Å². The minimum absolute atomic E-state index is 1.16. The monoisotopic (exact) mass is 587 g/mol. The molecule has 0 N–H and O–H groups in total. The van der Waals surface area contributed by atoms with Gasteiger partial charge in [0.15, 0.2) is 0 Å². The summed E-state index contributed by atoms with van der Waals surface area (Å²) in [5, 5.41) is 5.02. The molecule has 46 heavy (non-hydrogen) atoms. The van der Waals surface area contributed by atoms with Gasteiger partial charge in [-0.2, -0.15) is 0 Å². The molecule has 9 aromatic rings. The second kappa shape index (κ2) is 9.47. The Hall–Kier alpha value is -6.06. The molecule has 216 valence electrons. The van der Waals surface area contributed by atoms with Crippen molar-refractivity contribution in [3.8, 4) is 33.6 Å². The van der Waals surface area contributed by atoms with Crippen LogP contribution in [0.2, 0.25) is 0 Å². The molecular weight excluding hydrogens is 558 g/mol. The number of hydrogen-bond acceptors (Lipinski definition) is 1. The van der Waals surface area contributed by atoms with E-state index >= 15 is 0 Å². The minimum atomic E-state index is 1.16. The van der Waals surface area contributed by atoms with Crippen molar-refractivity contribution < 1.29 is 0 Å². The molecule has 0 bridgehead atoms. The first-order chi connectivity index (χ1) is 22.8. The zero-order valence-corrected chi connectivity index (χ0v) is 25.4. The Kier molecular flexibility index (Phi) is 5.20. The van der Waals surface area contributed by atoms with E-state index in [-0.39, 0.29) is 0 Å². The van der Waals surface area contributed by atoms with Crippen LogP contribution in [0, 0.1) is 0 Å². The number of nitrogens with zero attached hydrogens (tertiary/aromatic N) is 3. The molecule has 1 aliphatic heterocycles. The molecule has 0 amide bonds. The van der Waals surface area contributed by atoms with Crippen molar-refractivity contribution in [2.24, 2.45) is 0 Å². The van der Waals surface area contributed by atoms with Crippen LogP contribution < -0.4 is 4.90 Å². The van der Waals surface area contributed by atoms with Crippen LogP contribution in [0.15, 0.2) is 158 Å². The minimum Gasteiger partial charge on any atom is -0.340 e. The lowest BCUT2D eigenvalue weighted by molar-refractivity contribution is 1.14. The van der Waals surface area contributed by atoms with Crippen LogP contribution in [-0.2, 0) is 0 Å². The SMILES string of the molecule is CN1c2c(ccc3c4ccccc4n(-c4ccccc4)c23)-c2ccccc2-c2ccc3c4ccccc4n(-c4ccccc4)c3c21. The van der Waals surface area contributed by atoms with E-state index in [1.807, 2.05) is 0 Å². The van der Waals surface area contributed by atoms with E-state index in [4.69, 9.17) is 0 Å². The summed E-state index contributed by atoms with van der Waals surface area (Å²) >= 11 is 0. The number of fused-ring (bicyclic) bond motifs is 13. The topological polar surface area (TPSA) is 13.1 Å². The summed E-state index contributed by atoms with van der Waals surface area (Å²) in [7, 11) is 2.27. The van der Waals surface area contributed by atoms with Crippen molar-refractivity contribution in [1.82, 2.24) is 9.13 Å². The number of hydrogen-bond donors (Lipinski definition) is 0. The van der Waals surface area contributed by atoms with Crippen LogP contribution in [0.1, 0.15) is 0 Å². The van der Waals surface area contributed by atoms with Gasteiger partial charge in [0.25, 0.3) is 0 Å². The highest BCUT2D eigenvalue weighted by Gasteiger charge is 2.30. The molecule has 0 fully saturated rings. The highest BCUT2D eigenvalue weighted by Crippen LogP contribution is 2.54. The smallest absolute Gasteiger partial charge is 0.0785 e. The lowest BCUT2D eigenvalue weighted by Crippen LogP contribution is -2.14. The highest BCUT2D eigenvalue weighted by atomic mass is 15.2. The Bertz CT molecular complexity index is 2460. The van der Waals surface area contributed by atoms with Gasteiger partial charge in [0.1, 0.15) is 0 Å². The van der Waals surface area contributed by atoms with Gasteiger partial charge < -0.3 is 14.0 Å². The summed E-state index contributed by atoms with van der Waals surface area (Å²) in [5.74, 6) is 0. The van der Waals surface area contributed by atoms with Crippen LogP contribution in [0.25, 0.3) is 77.2 Å². The zero-order valence-electron chi connectivity index (χ0n) is 25.4. The normalized spacial score (nSPS) is 12.4. The largest absolute Gasteiger partial charge is 0.340 e. The fourth-order valence-electron chi connectivity index (χ4n) is 7.95. The Balaban J connectivity index is 1.44. The second-order valence-corrected chi connectivity index (χ2v) is 12.2. The maximum Gasteiger partial charge on any atom is 0.0785 e. The fourth-order valence-corrected chi connectivity index (χ4v) is 7.95. The summed E-state index contributed by atoms with van der Waals surface area (Å²) in [6.07, 6.45) is 0. The van der Waals surface area contributed by atoms with Gasteiger partial charge in [-0.3, -0.25) is 0 Å². The summed E-state index contributed by atoms with van der Waals surface area (Å²) in [5.41, 5.74) is 14.5. The fraction of sp³-hybridized carbons (Fsp3) is 0.0233. The van der Waals surface area contributed by atoms with Crippen LogP contribution in [0.3, 0.4) is 0 Å². The molecule has 3 heteroatoms. The number of benzene rings is 7. The molecule has 3 heterocycles. The van der Waals surface area contributed by atoms with E-state index in [0.29, 0.717) is 0 Å². The average Bonchev–Trinajstić information content (AvgIpc) is 3.61. The van der Waals surface area contributed by atoms with Crippen molar-refractivity contribution in [3.05, 3.63) is 158 Å². The van der Waals surface area contributed by atoms with Gasteiger partial charge in [-0.15, -0.1) is 0 Å². The van der Waals surface area contributed by atoms with Crippen LogP contribution in [0.5, 0.6) is 0 Å². The van der Waals surface area contributed by atoms with E-state index in [0.717, 1.165) is 11.4 Å². The van der Waals surface area contributed by atoms with Crippen molar-refractivity contribution in [1.29, 1.82) is 0 Å². The molecule has 2 aromatic heterocycles. The van der Waals surface area contributed by atoms with E-state index in [2.05, 4.69) is 179 Å². The molecule has 0 saturated carbocycles. The van der Waals surface area contributed by atoms with E-state index in [9.17, 15) is 0 Å². The molecule has 0 radical (unpaired) electrons. The molecule has 0 unspecified atom stereocenters. The van der Waals surface area contributed by atoms with Crippen molar-refractivity contribution in [2.75, 3.05) is 11.9 Å². The third-order valence-corrected chi connectivity index (χ3v) is 9.83. The van der Waals surface area contributed by atoms with Crippen molar-refractivity contribution in [3.63, 3.8) is 0 Å². The maximum absolute atomic E-state index is 2.48. The van der Waals surface area contributed by atoms with E-state index in [1.165, 1.54) is 77.2 Å². The van der Waals surface area contributed by atoms with Crippen molar-refractivity contribution >= 4 is 55.0 Å². The van der Waals surface area contributed by atoms with Gasteiger partial charge in [0.2, 0.25) is 0 Å². The first kappa shape index (κ1) is 25.3. The summed E-state index contributed by atoms with van der Waals surface area (Å²) in [6.45, 7) is 0. The molecule has 0 aliphatic carbocycles. The Labute approximate surface area is 266 Å². The predicted octanol–water partition coefficient (Wildman–Crippen LogP) is 11.3. The van der Waals surface area contributed by atoms with Gasteiger partial charge in [-0.05, 0) is 47.5 Å². The van der Waals surface area contributed by atoms with E-state index in [1.54, 1.807) is 0 Å². The Morgan fingerprint density at radius 3 is 1.17 bits per heavy atom. The first-order valence-electron chi connectivity index (χ1n) is 15.9. The summed E-state index contributed by atoms with van der Waals surface area (Å²) < 4.78 is 4.92. The molecule has 0 atom stereocenters.